The number of halogens is 1. The highest BCUT2D eigenvalue weighted by Crippen LogP contribution is 2.28. The molecular formula is C13H8ClN2. The van der Waals surface area contributed by atoms with Gasteiger partial charge in [0.25, 0.3) is 0 Å². The molecule has 3 heteroatoms. The van der Waals surface area contributed by atoms with Gasteiger partial charge in [-0.2, -0.15) is 0 Å². The number of H-pyrrole nitrogens is 1. The van der Waals surface area contributed by atoms with E-state index < -0.39 is 0 Å². The minimum absolute atomic E-state index is 0.649. The lowest BCUT2D eigenvalue weighted by atomic mass is 10.1. The fourth-order valence-electron chi connectivity index (χ4n) is 1.78. The molecule has 0 aliphatic heterocycles. The maximum absolute atomic E-state index is 5.95. The number of fused-ring (bicyclic) bond motifs is 1. The van der Waals surface area contributed by atoms with Gasteiger partial charge in [0.05, 0.1) is 5.02 Å². The van der Waals surface area contributed by atoms with Gasteiger partial charge in [0.1, 0.15) is 5.65 Å². The number of benzene rings is 1. The van der Waals surface area contributed by atoms with Crippen molar-refractivity contribution in [2.24, 2.45) is 0 Å². The molecule has 1 radical (unpaired) electrons. The van der Waals surface area contributed by atoms with Gasteiger partial charge in [0.2, 0.25) is 0 Å². The van der Waals surface area contributed by atoms with Crippen LogP contribution in [0.25, 0.3) is 22.2 Å². The Kier molecular flexibility index (Phi) is 2.15. The van der Waals surface area contributed by atoms with E-state index >= 15 is 0 Å². The molecule has 1 N–H and O–H groups in total. The first kappa shape index (κ1) is 9.43. The molecule has 1 aromatic carbocycles. The number of hydrogen-bond donors (Lipinski definition) is 1. The van der Waals surface area contributed by atoms with Crippen LogP contribution in [-0.4, -0.2) is 9.97 Å². The highest BCUT2D eigenvalue weighted by Gasteiger charge is 2.06. The second-order valence-electron chi connectivity index (χ2n) is 3.54. The quantitative estimate of drug-likeness (QED) is 0.675. The van der Waals surface area contributed by atoms with Crippen LogP contribution in [-0.2, 0) is 0 Å². The predicted molar refractivity (Wildman–Crippen MR) is 65.4 cm³/mol. The van der Waals surface area contributed by atoms with Gasteiger partial charge in [-0.1, -0.05) is 35.9 Å². The summed E-state index contributed by atoms with van der Waals surface area (Å²) in [5, 5.41) is 1.69. The summed E-state index contributed by atoms with van der Waals surface area (Å²) in [7, 11) is 0. The van der Waals surface area contributed by atoms with Crippen molar-refractivity contribution in [2.75, 3.05) is 0 Å². The van der Waals surface area contributed by atoms with Gasteiger partial charge in [-0.15, -0.1) is 0 Å². The Balaban J connectivity index is 2.29. The molecule has 2 heterocycles. The van der Waals surface area contributed by atoms with Gasteiger partial charge in [-0.05, 0) is 17.7 Å². The van der Waals surface area contributed by atoms with Crippen molar-refractivity contribution < 1.29 is 0 Å². The van der Waals surface area contributed by atoms with Crippen LogP contribution in [0.4, 0.5) is 0 Å². The van der Waals surface area contributed by atoms with E-state index in [9.17, 15) is 0 Å². The van der Waals surface area contributed by atoms with Gasteiger partial charge < -0.3 is 4.98 Å². The maximum atomic E-state index is 5.95. The van der Waals surface area contributed by atoms with Crippen molar-refractivity contribution in [2.45, 2.75) is 0 Å². The third kappa shape index (κ3) is 1.48. The fraction of sp³-hybridized carbons (Fsp3) is 0. The Morgan fingerprint density at radius 1 is 1.25 bits per heavy atom. The van der Waals surface area contributed by atoms with Crippen LogP contribution in [0.5, 0.6) is 0 Å². The average molecular weight is 228 g/mol. The molecule has 0 unspecified atom stereocenters. The van der Waals surface area contributed by atoms with Crippen LogP contribution < -0.4 is 0 Å². The Labute approximate surface area is 97.9 Å². The van der Waals surface area contributed by atoms with E-state index in [4.69, 9.17) is 11.6 Å². The number of rotatable bonds is 1. The molecule has 0 aliphatic rings. The lowest BCUT2D eigenvalue weighted by Gasteiger charge is -1.98. The van der Waals surface area contributed by atoms with Crippen molar-refractivity contribution in [1.29, 1.82) is 0 Å². The Morgan fingerprint density at radius 2 is 2.06 bits per heavy atom. The average Bonchev–Trinajstić information content (AvgIpc) is 2.73. The van der Waals surface area contributed by atoms with Crippen LogP contribution >= 0.6 is 11.6 Å². The molecule has 0 saturated carbocycles. The molecule has 0 saturated heterocycles. The zero-order valence-electron chi connectivity index (χ0n) is 8.37. The third-order valence-electron chi connectivity index (χ3n) is 2.53. The molecule has 2 aromatic heterocycles. The van der Waals surface area contributed by atoms with Crippen LogP contribution in [0, 0.1) is 6.07 Å². The van der Waals surface area contributed by atoms with Gasteiger partial charge in [-0.25, -0.2) is 4.98 Å². The van der Waals surface area contributed by atoms with Crippen molar-refractivity contribution in [3.8, 4) is 11.1 Å². The Morgan fingerprint density at radius 3 is 2.88 bits per heavy atom. The van der Waals surface area contributed by atoms with Crippen molar-refractivity contribution in [3.05, 3.63) is 53.8 Å². The van der Waals surface area contributed by atoms with E-state index in [1.807, 2.05) is 36.5 Å². The fourth-order valence-corrected chi connectivity index (χ4v) is 1.94. The van der Waals surface area contributed by atoms with Crippen molar-refractivity contribution in [1.82, 2.24) is 9.97 Å². The van der Waals surface area contributed by atoms with Crippen molar-refractivity contribution in [3.63, 3.8) is 0 Å². The normalized spacial score (nSPS) is 10.8. The van der Waals surface area contributed by atoms with Crippen LogP contribution in [0.2, 0.25) is 5.02 Å². The van der Waals surface area contributed by atoms with E-state index in [0.717, 1.165) is 22.2 Å². The highest BCUT2D eigenvalue weighted by molar-refractivity contribution is 6.31. The second-order valence-corrected chi connectivity index (χ2v) is 3.98. The molecule has 2 nitrogen and oxygen atoms in total. The molecule has 3 rings (SSSR count). The molecule has 77 valence electrons. The zero-order chi connectivity index (χ0) is 11.0. The number of nitrogens with zero attached hydrogens (tertiary/aromatic N) is 1. The molecule has 0 spiro atoms. The number of nitrogens with one attached hydrogen (secondary N) is 1. The number of hydrogen-bond acceptors (Lipinski definition) is 1. The first-order chi connectivity index (χ1) is 7.84. The predicted octanol–water partition coefficient (Wildman–Crippen LogP) is 3.68. The van der Waals surface area contributed by atoms with Crippen LogP contribution in [0.1, 0.15) is 0 Å². The minimum Gasteiger partial charge on any atom is -0.346 e. The van der Waals surface area contributed by atoms with Crippen LogP contribution in [0.3, 0.4) is 0 Å². The van der Waals surface area contributed by atoms with Gasteiger partial charge in [0, 0.05) is 23.3 Å². The lowest BCUT2D eigenvalue weighted by molar-refractivity contribution is 1.33. The van der Waals surface area contributed by atoms with E-state index in [1.54, 1.807) is 6.20 Å². The minimum atomic E-state index is 0.649. The van der Waals surface area contributed by atoms with E-state index in [0.29, 0.717) is 5.02 Å². The summed E-state index contributed by atoms with van der Waals surface area (Å²) in [6.45, 7) is 0. The summed E-state index contributed by atoms with van der Waals surface area (Å²) in [5.74, 6) is 0. The molecular weight excluding hydrogens is 220 g/mol. The summed E-state index contributed by atoms with van der Waals surface area (Å²) in [4.78, 5) is 7.37. The first-order valence-electron chi connectivity index (χ1n) is 4.94. The summed E-state index contributed by atoms with van der Waals surface area (Å²) in [6.07, 6.45) is 3.59. The Bertz CT molecular complexity index is 629. The number of aromatic nitrogens is 2. The second kappa shape index (κ2) is 3.65. The van der Waals surface area contributed by atoms with E-state index in [2.05, 4.69) is 16.0 Å². The largest absolute Gasteiger partial charge is 0.346 e. The third-order valence-corrected chi connectivity index (χ3v) is 2.73. The molecule has 0 fully saturated rings. The standard InChI is InChI=1S/C13H8ClN2/c14-10-6-11-12(8-16-13(11)15-7-10)9-4-2-1-3-5-9/h2-8H,(H,15,16). The van der Waals surface area contributed by atoms with E-state index in [1.165, 1.54) is 0 Å². The SMILES string of the molecule is Clc1cnc2[nH]cc(-c3cc[c]cc3)c2c1. The number of aromatic amines is 1. The molecule has 0 aliphatic carbocycles. The molecule has 3 aromatic rings. The van der Waals surface area contributed by atoms with Crippen LogP contribution in [0.15, 0.2) is 42.7 Å². The van der Waals surface area contributed by atoms with Crippen molar-refractivity contribution >= 4 is 22.6 Å². The van der Waals surface area contributed by atoms with Gasteiger partial charge in [-0.3, -0.25) is 0 Å². The van der Waals surface area contributed by atoms with Gasteiger partial charge >= 0.3 is 0 Å². The summed E-state index contributed by atoms with van der Waals surface area (Å²) in [6, 6.07) is 12.8. The maximum Gasteiger partial charge on any atom is 0.137 e. The summed E-state index contributed by atoms with van der Waals surface area (Å²) < 4.78 is 0. The lowest BCUT2D eigenvalue weighted by Crippen LogP contribution is -1.77. The molecule has 0 atom stereocenters. The first-order valence-corrected chi connectivity index (χ1v) is 5.31. The molecule has 16 heavy (non-hydrogen) atoms. The molecule has 0 bridgehead atoms. The zero-order valence-corrected chi connectivity index (χ0v) is 9.12. The summed E-state index contributed by atoms with van der Waals surface area (Å²) >= 11 is 5.95. The monoisotopic (exact) mass is 227 g/mol. The summed E-state index contributed by atoms with van der Waals surface area (Å²) in [5.41, 5.74) is 3.10. The highest BCUT2D eigenvalue weighted by atomic mass is 35.5. The van der Waals surface area contributed by atoms with Gasteiger partial charge in [0.15, 0.2) is 0 Å². The Hall–Kier alpha value is -1.80. The van der Waals surface area contributed by atoms with E-state index in [-0.39, 0.29) is 0 Å². The smallest absolute Gasteiger partial charge is 0.137 e. The topological polar surface area (TPSA) is 28.7 Å². The molecule has 0 amide bonds. The number of pyridine rings is 1.